The molecule has 0 spiro atoms. The Morgan fingerprint density at radius 1 is 1.18 bits per heavy atom. The number of likely N-dealkylation sites (tertiary alicyclic amines) is 1. The molecule has 1 fully saturated rings. The van der Waals surface area contributed by atoms with Gasteiger partial charge in [0.2, 0.25) is 11.7 Å². The zero-order chi connectivity index (χ0) is 20.3. The molecule has 0 aromatic heterocycles. The Bertz CT molecular complexity index is 780. The van der Waals surface area contributed by atoms with Crippen LogP contribution in [0.5, 0.6) is 0 Å². The summed E-state index contributed by atoms with van der Waals surface area (Å²) in [7, 11) is 0. The fraction of sp³-hybridized carbons (Fsp3) is 0.500. The number of rotatable bonds is 4. The van der Waals surface area contributed by atoms with Crippen molar-refractivity contribution in [2.24, 2.45) is 10.9 Å². The highest BCUT2D eigenvalue weighted by atomic mass is 16.2. The smallest absolute Gasteiger partial charge is 0.290 e. The Kier molecular flexibility index (Phi) is 5.96. The van der Waals surface area contributed by atoms with E-state index in [4.69, 9.17) is 0 Å². The van der Waals surface area contributed by atoms with Crippen LogP contribution in [0.1, 0.15) is 32.3 Å². The topological polar surface area (TPSA) is 94.1 Å². The minimum Gasteiger partial charge on any atom is -0.354 e. The first-order valence-electron chi connectivity index (χ1n) is 9.65. The van der Waals surface area contributed by atoms with Gasteiger partial charge >= 0.3 is 0 Å². The lowest BCUT2D eigenvalue weighted by Crippen LogP contribution is -2.57. The van der Waals surface area contributed by atoms with E-state index in [1.165, 1.54) is 5.01 Å². The number of hydrogen-bond acceptors (Lipinski definition) is 5. The highest BCUT2D eigenvalue weighted by Crippen LogP contribution is 2.19. The molecule has 8 nitrogen and oxygen atoms in total. The minimum atomic E-state index is -0.243. The van der Waals surface area contributed by atoms with Crippen molar-refractivity contribution < 1.29 is 14.4 Å². The number of amides is 3. The van der Waals surface area contributed by atoms with Gasteiger partial charge in [0.25, 0.3) is 11.8 Å². The number of anilines is 1. The molecule has 2 aliphatic rings. The Morgan fingerprint density at radius 2 is 1.82 bits per heavy atom. The van der Waals surface area contributed by atoms with Gasteiger partial charge in [-0.2, -0.15) is 0 Å². The van der Waals surface area contributed by atoms with E-state index < -0.39 is 0 Å². The SMILES string of the molecule is Cc1ccc(N2NC(C(=O)N3CCC(C(=O)NC(C)C)CC3)=NCC2=O)cc1. The maximum Gasteiger partial charge on any atom is 0.290 e. The van der Waals surface area contributed by atoms with Crippen LogP contribution < -0.4 is 15.8 Å². The minimum absolute atomic E-state index is 0.0476. The molecule has 2 heterocycles. The molecule has 0 radical (unpaired) electrons. The molecular formula is C20H27N5O3. The lowest BCUT2D eigenvalue weighted by Gasteiger charge is -2.34. The maximum atomic E-state index is 12.8. The first-order chi connectivity index (χ1) is 13.3. The third kappa shape index (κ3) is 4.49. The number of benzene rings is 1. The van der Waals surface area contributed by atoms with Crippen molar-refractivity contribution >= 4 is 29.2 Å². The molecule has 1 saturated heterocycles. The number of hydrogen-bond donors (Lipinski definition) is 2. The Morgan fingerprint density at radius 3 is 2.43 bits per heavy atom. The first-order valence-corrected chi connectivity index (χ1v) is 9.65. The van der Waals surface area contributed by atoms with E-state index in [0.29, 0.717) is 31.6 Å². The van der Waals surface area contributed by atoms with Crippen LogP contribution in [0.25, 0.3) is 0 Å². The van der Waals surface area contributed by atoms with Gasteiger partial charge in [0.1, 0.15) is 6.54 Å². The van der Waals surface area contributed by atoms with Crippen molar-refractivity contribution in [1.29, 1.82) is 0 Å². The van der Waals surface area contributed by atoms with Crippen LogP contribution in [0.4, 0.5) is 5.69 Å². The van der Waals surface area contributed by atoms with Crippen LogP contribution >= 0.6 is 0 Å². The summed E-state index contributed by atoms with van der Waals surface area (Å²) in [5.41, 5.74) is 4.61. The molecule has 1 aromatic carbocycles. The number of amidine groups is 1. The van der Waals surface area contributed by atoms with Gasteiger partial charge in [0, 0.05) is 25.0 Å². The summed E-state index contributed by atoms with van der Waals surface area (Å²) in [4.78, 5) is 43.0. The average molecular weight is 385 g/mol. The van der Waals surface area contributed by atoms with Crippen molar-refractivity contribution in [1.82, 2.24) is 15.6 Å². The van der Waals surface area contributed by atoms with Crippen molar-refractivity contribution in [3.05, 3.63) is 29.8 Å². The van der Waals surface area contributed by atoms with Gasteiger partial charge in [0.15, 0.2) is 0 Å². The summed E-state index contributed by atoms with van der Waals surface area (Å²) in [6.45, 7) is 6.75. The van der Waals surface area contributed by atoms with Gasteiger partial charge < -0.3 is 10.2 Å². The molecule has 0 unspecified atom stereocenters. The summed E-state index contributed by atoms with van der Waals surface area (Å²) < 4.78 is 0. The second kappa shape index (κ2) is 8.41. The molecule has 2 aliphatic heterocycles. The molecule has 150 valence electrons. The van der Waals surface area contributed by atoms with E-state index in [0.717, 1.165) is 5.56 Å². The Balaban J connectivity index is 1.61. The maximum absolute atomic E-state index is 12.8. The number of nitrogens with zero attached hydrogens (tertiary/aromatic N) is 3. The summed E-state index contributed by atoms with van der Waals surface area (Å²) in [5, 5.41) is 4.29. The number of piperidine rings is 1. The zero-order valence-electron chi connectivity index (χ0n) is 16.6. The fourth-order valence-corrected chi connectivity index (χ4v) is 3.34. The predicted octanol–water partition coefficient (Wildman–Crippen LogP) is 1.01. The molecule has 3 amide bonds. The van der Waals surface area contributed by atoms with Crippen molar-refractivity contribution in [2.45, 2.75) is 39.7 Å². The second-order valence-corrected chi connectivity index (χ2v) is 7.57. The molecule has 0 atom stereocenters. The lowest BCUT2D eigenvalue weighted by molar-refractivity contribution is -0.131. The average Bonchev–Trinajstić information content (AvgIpc) is 2.68. The van der Waals surface area contributed by atoms with Crippen LogP contribution in [-0.2, 0) is 14.4 Å². The summed E-state index contributed by atoms with van der Waals surface area (Å²) in [6, 6.07) is 7.58. The van der Waals surface area contributed by atoms with E-state index in [-0.39, 0.29) is 42.1 Å². The standard InChI is InChI=1S/C20H27N5O3/c1-13(2)22-19(27)15-8-10-24(11-9-15)20(28)18-21-12-17(26)25(23-18)16-6-4-14(3)5-7-16/h4-7,13,15H,8-12H2,1-3H3,(H,21,23)(H,22,27). The number of nitrogens with one attached hydrogen (secondary N) is 2. The number of carbonyl (C=O) groups is 3. The summed E-state index contributed by atoms with van der Waals surface area (Å²) in [6.07, 6.45) is 1.25. The summed E-state index contributed by atoms with van der Waals surface area (Å²) in [5.74, 6) is -0.327. The number of carbonyl (C=O) groups excluding carboxylic acids is 3. The molecule has 28 heavy (non-hydrogen) atoms. The number of aliphatic imine (C=N–C) groups is 1. The van der Waals surface area contributed by atoms with E-state index >= 15 is 0 Å². The Hall–Kier alpha value is -2.90. The van der Waals surface area contributed by atoms with Crippen LogP contribution in [0.3, 0.4) is 0 Å². The quantitative estimate of drug-likeness (QED) is 0.809. The highest BCUT2D eigenvalue weighted by Gasteiger charge is 2.32. The molecule has 0 saturated carbocycles. The Labute approximate surface area is 164 Å². The molecule has 8 heteroatoms. The van der Waals surface area contributed by atoms with Crippen LogP contribution in [-0.4, -0.2) is 54.1 Å². The van der Waals surface area contributed by atoms with E-state index in [2.05, 4.69) is 15.7 Å². The second-order valence-electron chi connectivity index (χ2n) is 7.57. The first kappa shape index (κ1) is 19.9. The molecule has 2 N–H and O–H groups in total. The molecule has 3 rings (SSSR count). The molecular weight excluding hydrogens is 358 g/mol. The van der Waals surface area contributed by atoms with Gasteiger partial charge in [0.05, 0.1) is 5.69 Å². The van der Waals surface area contributed by atoms with Gasteiger partial charge in [-0.05, 0) is 45.7 Å². The van der Waals surface area contributed by atoms with E-state index in [1.807, 2.05) is 45.0 Å². The van der Waals surface area contributed by atoms with Crippen molar-refractivity contribution in [3.8, 4) is 0 Å². The van der Waals surface area contributed by atoms with Gasteiger partial charge in [-0.1, -0.05) is 17.7 Å². The van der Waals surface area contributed by atoms with Gasteiger partial charge in [-0.15, -0.1) is 0 Å². The number of aryl methyl sites for hydroxylation is 1. The summed E-state index contributed by atoms with van der Waals surface area (Å²) >= 11 is 0. The third-order valence-corrected chi connectivity index (χ3v) is 4.92. The third-order valence-electron chi connectivity index (χ3n) is 4.92. The normalized spacial score (nSPS) is 18.0. The molecule has 1 aromatic rings. The van der Waals surface area contributed by atoms with Crippen molar-refractivity contribution in [2.75, 3.05) is 24.6 Å². The monoisotopic (exact) mass is 385 g/mol. The van der Waals surface area contributed by atoms with Crippen molar-refractivity contribution in [3.63, 3.8) is 0 Å². The predicted molar refractivity (Wildman–Crippen MR) is 107 cm³/mol. The fourth-order valence-electron chi connectivity index (χ4n) is 3.34. The van der Waals surface area contributed by atoms with Crippen LogP contribution in [0, 0.1) is 12.8 Å². The lowest BCUT2D eigenvalue weighted by atomic mass is 9.95. The number of hydrazine groups is 1. The van der Waals surface area contributed by atoms with Gasteiger partial charge in [-0.3, -0.25) is 24.8 Å². The zero-order valence-corrected chi connectivity index (χ0v) is 16.6. The van der Waals surface area contributed by atoms with Gasteiger partial charge in [-0.25, -0.2) is 5.01 Å². The molecule has 0 aliphatic carbocycles. The largest absolute Gasteiger partial charge is 0.354 e. The van der Waals surface area contributed by atoms with E-state index in [9.17, 15) is 14.4 Å². The van der Waals surface area contributed by atoms with E-state index in [1.54, 1.807) is 4.90 Å². The molecule has 0 bridgehead atoms. The van der Waals surface area contributed by atoms with Crippen LogP contribution in [0.15, 0.2) is 29.3 Å². The highest BCUT2D eigenvalue weighted by molar-refractivity contribution is 6.39. The van der Waals surface area contributed by atoms with Crippen LogP contribution in [0.2, 0.25) is 0 Å².